The Hall–Kier alpha value is -3.99. The van der Waals surface area contributed by atoms with Crippen molar-refractivity contribution in [3.05, 3.63) is 59.8 Å². The van der Waals surface area contributed by atoms with Crippen LogP contribution in [0.5, 0.6) is 11.5 Å². The molecule has 2 aromatic carbocycles. The maximum absolute atomic E-state index is 12.7. The zero-order valence-electron chi connectivity index (χ0n) is 19.1. The fourth-order valence-corrected chi connectivity index (χ4v) is 2.79. The molecule has 8 nitrogen and oxygen atoms in total. The second-order valence-corrected chi connectivity index (χ2v) is 6.83. The number of carbonyl (C=O) groups is 2. The number of benzene rings is 2. The summed E-state index contributed by atoms with van der Waals surface area (Å²) in [6.45, 7) is 7.01. The minimum absolute atomic E-state index is 0.170. The highest BCUT2D eigenvalue weighted by molar-refractivity contribution is 6.09. The summed E-state index contributed by atoms with van der Waals surface area (Å²) < 4.78 is 16.4. The van der Waals surface area contributed by atoms with E-state index in [1.54, 1.807) is 42.5 Å². The van der Waals surface area contributed by atoms with Gasteiger partial charge < -0.3 is 24.8 Å². The third-order valence-electron chi connectivity index (χ3n) is 4.42. The zero-order chi connectivity index (χ0) is 24.1. The number of hydrogen-bond acceptors (Lipinski definition) is 7. The molecule has 0 bridgehead atoms. The monoisotopic (exact) mass is 451 g/mol. The summed E-state index contributed by atoms with van der Waals surface area (Å²) in [4.78, 5) is 25.0. The second kappa shape index (κ2) is 13.4. The zero-order valence-corrected chi connectivity index (χ0v) is 19.1. The summed E-state index contributed by atoms with van der Waals surface area (Å²) in [5.74, 6) is -0.0293. The van der Waals surface area contributed by atoms with E-state index >= 15 is 0 Å². The van der Waals surface area contributed by atoms with Gasteiger partial charge in [0.1, 0.15) is 11.6 Å². The summed E-state index contributed by atoms with van der Waals surface area (Å²) in [5, 5.41) is 15.0. The van der Waals surface area contributed by atoms with Crippen molar-refractivity contribution in [3.8, 4) is 17.6 Å². The van der Waals surface area contributed by atoms with E-state index in [0.717, 1.165) is 12.8 Å². The Kier molecular flexibility index (Phi) is 10.3. The number of ether oxygens (including phenoxy) is 3. The average molecular weight is 452 g/mol. The van der Waals surface area contributed by atoms with Gasteiger partial charge in [-0.05, 0) is 44.5 Å². The van der Waals surface area contributed by atoms with Crippen LogP contribution >= 0.6 is 0 Å². The van der Waals surface area contributed by atoms with Crippen LogP contribution < -0.4 is 20.1 Å². The predicted octanol–water partition coefficient (Wildman–Crippen LogP) is 4.90. The van der Waals surface area contributed by atoms with Crippen LogP contribution in [0.1, 0.15) is 44.0 Å². The molecule has 0 saturated heterocycles. The van der Waals surface area contributed by atoms with E-state index in [4.69, 9.17) is 14.2 Å². The van der Waals surface area contributed by atoms with Crippen molar-refractivity contribution in [1.82, 2.24) is 0 Å². The van der Waals surface area contributed by atoms with Crippen LogP contribution in [0.4, 0.5) is 11.4 Å². The van der Waals surface area contributed by atoms with E-state index in [-0.39, 0.29) is 16.8 Å². The number of carbonyl (C=O) groups excluding carboxylic acids is 2. The number of anilines is 2. The van der Waals surface area contributed by atoms with Crippen LogP contribution in [0, 0.1) is 11.3 Å². The van der Waals surface area contributed by atoms with Crippen molar-refractivity contribution >= 4 is 23.3 Å². The highest BCUT2D eigenvalue weighted by Crippen LogP contribution is 2.30. The Morgan fingerprint density at radius 1 is 1.03 bits per heavy atom. The van der Waals surface area contributed by atoms with E-state index in [1.807, 2.05) is 26.8 Å². The van der Waals surface area contributed by atoms with Gasteiger partial charge in [0, 0.05) is 18.0 Å². The molecule has 0 fully saturated rings. The standard InChI is InChI=1S/C25H29N3O5/c1-4-7-14-33-25(30)20-10-8-9-11-21(20)28-24(29)18(16-26)17-27-19-12-13-22(31-5-2)23(15-19)32-6-3/h8-13,15,17,27H,4-7,14H2,1-3H3,(H,28,29)/b18-17-. The van der Waals surface area contributed by atoms with Gasteiger partial charge in [0.2, 0.25) is 0 Å². The lowest BCUT2D eigenvalue weighted by atomic mass is 10.1. The molecule has 0 aliphatic carbocycles. The van der Waals surface area contributed by atoms with E-state index < -0.39 is 11.9 Å². The third-order valence-corrected chi connectivity index (χ3v) is 4.42. The van der Waals surface area contributed by atoms with E-state index in [0.29, 0.717) is 37.0 Å². The number of hydrogen-bond donors (Lipinski definition) is 2. The van der Waals surface area contributed by atoms with E-state index in [1.165, 1.54) is 6.20 Å². The number of unbranched alkanes of at least 4 members (excludes halogenated alkanes) is 1. The SMILES string of the molecule is CCCCOC(=O)c1ccccc1NC(=O)/C(C#N)=C\Nc1ccc(OCC)c(OCC)c1. The lowest BCUT2D eigenvalue weighted by Crippen LogP contribution is -2.18. The van der Waals surface area contributed by atoms with Gasteiger partial charge in [0.15, 0.2) is 11.5 Å². The number of para-hydroxylation sites is 1. The van der Waals surface area contributed by atoms with Gasteiger partial charge in [-0.2, -0.15) is 5.26 Å². The Morgan fingerprint density at radius 3 is 2.45 bits per heavy atom. The predicted molar refractivity (Wildman–Crippen MR) is 126 cm³/mol. The topological polar surface area (TPSA) is 110 Å². The number of esters is 1. The molecular weight excluding hydrogens is 422 g/mol. The van der Waals surface area contributed by atoms with Gasteiger partial charge in [-0.15, -0.1) is 0 Å². The molecule has 0 radical (unpaired) electrons. The fourth-order valence-electron chi connectivity index (χ4n) is 2.79. The molecule has 0 spiro atoms. The molecule has 0 heterocycles. The van der Waals surface area contributed by atoms with Crippen molar-refractivity contribution in [2.75, 3.05) is 30.5 Å². The van der Waals surface area contributed by atoms with Gasteiger partial charge in [-0.25, -0.2) is 4.79 Å². The molecule has 0 atom stereocenters. The Bertz CT molecular complexity index is 1030. The summed E-state index contributed by atoms with van der Waals surface area (Å²) in [6, 6.07) is 13.6. The molecule has 1 amide bonds. The van der Waals surface area contributed by atoms with Crippen LogP contribution in [0.2, 0.25) is 0 Å². The highest BCUT2D eigenvalue weighted by atomic mass is 16.5. The average Bonchev–Trinajstić information content (AvgIpc) is 2.81. The highest BCUT2D eigenvalue weighted by Gasteiger charge is 2.16. The Balaban J connectivity index is 2.14. The number of nitriles is 1. The fraction of sp³-hybridized carbons (Fsp3) is 0.320. The molecule has 0 unspecified atom stereocenters. The van der Waals surface area contributed by atoms with Crippen molar-refractivity contribution in [3.63, 3.8) is 0 Å². The maximum atomic E-state index is 12.7. The quantitative estimate of drug-likeness (QED) is 0.204. The van der Waals surface area contributed by atoms with Crippen molar-refractivity contribution in [1.29, 1.82) is 5.26 Å². The summed E-state index contributed by atoms with van der Waals surface area (Å²) in [7, 11) is 0. The molecule has 33 heavy (non-hydrogen) atoms. The first kappa shape index (κ1) is 25.3. The van der Waals surface area contributed by atoms with Gasteiger partial charge in [-0.1, -0.05) is 25.5 Å². The van der Waals surface area contributed by atoms with Gasteiger partial charge in [-0.3, -0.25) is 4.79 Å². The first-order valence-corrected chi connectivity index (χ1v) is 10.9. The molecule has 174 valence electrons. The normalized spacial score (nSPS) is 10.7. The Morgan fingerprint density at radius 2 is 1.76 bits per heavy atom. The van der Waals surface area contributed by atoms with Crippen molar-refractivity contribution in [2.45, 2.75) is 33.6 Å². The van der Waals surface area contributed by atoms with Gasteiger partial charge in [0.05, 0.1) is 31.1 Å². The molecule has 0 aliphatic rings. The minimum atomic E-state index is -0.658. The lowest BCUT2D eigenvalue weighted by molar-refractivity contribution is -0.112. The smallest absolute Gasteiger partial charge is 0.340 e. The van der Waals surface area contributed by atoms with Crippen LogP contribution in [-0.4, -0.2) is 31.7 Å². The number of nitrogens with zero attached hydrogens (tertiary/aromatic N) is 1. The molecule has 2 aromatic rings. The molecule has 0 aromatic heterocycles. The van der Waals surface area contributed by atoms with Gasteiger partial charge >= 0.3 is 5.97 Å². The number of rotatable bonds is 12. The molecular formula is C25H29N3O5. The minimum Gasteiger partial charge on any atom is -0.490 e. The molecule has 2 N–H and O–H groups in total. The molecule has 0 saturated carbocycles. The first-order valence-electron chi connectivity index (χ1n) is 10.9. The van der Waals surface area contributed by atoms with Crippen molar-refractivity contribution in [2.24, 2.45) is 0 Å². The summed E-state index contributed by atoms with van der Waals surface area (Å²) in [5.41, 5.74) is 0.934. The first-order chi connectivity index (χ1) is 16.0. The summed E-state index contributed by atoms with van der Waals surface area (Å²) >= 11 is 0. The molecule has 8 heteroatoms. The van der Waals surface area contributed by atoms with E-state index in [9.17, 15) is 14.9 Å². The van der Waals surface area contributed by atoms with Gasteiger partial charge in [0.25, 0.3) is 5.91 Å². The van der Waals surface area contributed by atoms with Crippen LogP contribution in [0.25, 0.3) is 0 Å². The number of amides is 1. The third kappa shape index (κ3) is 7.58. The van der Waals surface area contributed by atoms with Crippen molar-refractivity contribution < 1.29 is 23.8 Å². The Labute approximate surface area is 194 Å². The number of nitrogens with one attached hydrogen (secondary N) is 2. The maximum Gasteiger partial charge on any atom is 0.340 e. The van der Waals surface area contributed by atoms with Crippen LogP contribution in [0.15, 0.2) is 54.2 Å². The summed E-state index contributed by atoms with van der Waals surface area (Å²) in [6.07, 6.45) is 2.95. The second-order valence-electron chi connectivity index (χ2n) is 6.83. The van der Waals surface area contributed by atoms with Crippen LogP contribution in [-0.2, 0) is 9.53 Å². The van der Waals surface area contributed by atoms with Crippen LogP contribution in [0.3, 0.4) is 0 Å². The van der Waals surface area contributed by atoms with E-state index in [2.05, 4.69) is 10.6 Å². The molecule has 2 rings (SSSR count). The largest absolute Gasteiger partial charge is 0.490 e. The molecule has 0 aliphatic heterocycles. The lowest BCUT2D eigenvalue weighted by Gasteiger charge is -2.13.